The van der Waals surface area contributed by atoms with Gasteiger partial charge in [-0.1, -0.05) is 0 Å². The standard InChI is InChI=1S/C10H14O2/c11-9-6-3-7-10(9)12-8-4-1-2-5-8/h4,10H,1-3,5-7H2. The lowest BCUT2D eigenvalue weighted by atomic mass is 10.3. The Hall–Kier alpha value is -0.790. The Bertz CT molecular complexity index is 218. The quantitative estimate of drug-likeness (QED) is 0.628. The van der Waals surface area contributed by atoms with Gasteiger partial charge in [0.05, 0.1) is 5.76 Å². The first-order chi connectivity index (χ1) is 5.86. The van der Waals surface area contributed by atoms with Crippen LogP contribution in [0.3, 0.4) is 0 Å². The van der Waals surface area contributed by atoms with E-state index in [-0.39, 0.29) is 6.10 Å². The lowest BCUT2D eigenvalue weighted by molar-refractivity contribution is -0.125. The van der Waals surface area contributed by atoms with Crippen molar-refractivity contribution in [3.05, 3.63) is 11.8 Å². The third-order valence-corrected chi connectivity index (χ3v) is 2.54. The average molecular weight is 166 g/mol. The van der Waals surface area contributed by atoms with Gasteiger partial charge in [0, 0.05) is 12.8 Å². The molecule has 1 unspecified atom stereocenters. The Morgan fingerprint density at radius 1 is 1.33 bits per heavy atom. The van der Waals surface area contributed by atoms with Gasteiger partial charge in [-0.15, -0.1) is 0 Å². The molecule has 0 bridgehead atoms. The number of ketones is 1. The van der Waals surface area contributed by atoms with E-state index in [0.717, 1.165) is 37.9 Å². The van der Waals surface area contributed by atoms with Gasteiger partial charge in [-0.3, -0.25) is 4.79 Å². The first kappa shape index (κ1) is 7.84. The molecule has 2 aliphatic rings. The maximum absolute atomic E-state index is 11.2. The van der Waals surface area contributed by atoms with Crippen LogP contribution in [0.2, 0.25) is 0 Å². The van der Waals surface area contributed by atoms with Crippen molar-refractivity contribution >= 4 is 5.78 Å². The van der Waals surface area contributed by atoms with E-state index in [9.17, 15) is 4.79 Å². The summed E-state index contributed by atoms with van der Waals surface area (Å²) in [6.07, 6.45) is 8.02. The Morgan fingerprint density at radius 2 is 2.25 bits per heavy atom. The molecule has 0 aromatic carbocycles. The van der Waals surface area contributed by atoms with Crippen molar-refractivity contribution in [2.24, 2.45) is 0 Å². The zero-order chi connectivity index (χ0) is 8.39. The Balaban J connectivity index is 1.89. The SMILES string of the molecule is O=C1CCCC1OC1=CCCC1. The van der Waals surface area contributed by atoms with Crippen molar-refractivity contribution in [2.75, 3.05) is 0 Å². The predicted octanol–water partition coefficient (Wildman–Crippen LogP) is 2.19. The number of hydrogen-bond acceptors (Lipinski definition) is 2. The van der Waals surface area contributed by atoms with Crippen LogP contribution >= 0.6 is 0 Å². The molecule has 0 aromatic rings. The van der Waals surface area contributed by atoms with Crippen LogP contribution in [0.25, 0.3) is 0 Å². The molecule has 2 rings (SSSR count). The molecule has 2 heteroatoms. The number of rotatable bonds is 2. The largest absolute Gasteiger partial charge is 0.487 e. The first-order valence-corrected chi connectivity index (χ1v) is 4.74. The minimum Gasteiger partial charge on any atom is -0.487 e. The number of hydrogen-bond donors (Lipinski definition) is 0. The summed E-state index contributed by atoms with van der Waals surface area (Å²) in [7, 11) is 0. The molecule has 2 nitrogen and oxygen atoms in total. The second-order valence-corrected chi connectivity index (χ2v) is 3.53. The van der Waals surface area contributed by atoms with Crippen LogP contribution in [0.1, 0.15) is 38.5 Å². The van der Waals surface area contributed by atoms with Gasteiger partial charge >= 0.3 is 0 Å². The third kappa shape index (κ3) is 1.52. The molecule has 0 saturated heterocycles. The number of Topliss-reactive ketones (excluding diaryl/α,β-unsaturated/α-hetero) is 1. The molecule has 0 N–H and O–H groups in total. The van der Waals surface area contributed by atoms with Gasteiger partial charge in [0.15, 0.2) is 11.9 Å². The van der Waals surface area contributed by atoms with Crippen molar-refractivity contribution in [1.82, 2.24) is 0 Å². The highest BCUT2D eigenvalue weighted by atomic mass is 16.5. The van der Waals surface area contributed by atoms with Gasteiger partial charge < -0.3 is 4.74 Å². The first-order valence-electron chi connectivity index (χ1n) is 4.74. The molecule has 1 fully saturated rings. The molecule has 0 aliphatic heterocycles. The molecule has 2 aliphatic carbocycles. The van der Waals surface area contributed by atoms with Crippen molar-refractivity contribution in [3.63, 3.8) is 0 Å². The van der Waals surface area contributed by atoms with E-state index < -0.39 is 0 Å². The highest BCUT2D eigenvalue weighted by Crippen LogP contribution is 2.25. The summed E-state index contributed by atoms with van der Waals surface area (Å²) in [4.78, 5) is 11.2. The van der Waals surface area contributed by atoms with Gasteiger partial charge in [-0.2, -0.15) is 0 Å². The summed E-state index contributed by atoms with van der Waals surface area (Å²) >= 11 is 0. The van der Waals surface area contributed by atoms with Gasteiger partial charge in [-0.25, -0.2) is 0 Å². The number of allylic oxidation sites excluding steroid dienone is 2. The van der Waals surface area contributed by atoms with Crippen LogP contribution in [-0.2, 0) is 9.53 Å². The fraction of sp³-hybridized carbons (Fsp3) is 0.700. The lowest BCUT2D eigenvalue weighted by Gasteiger charge is -2.12. The normalized spacial score (nSPS) is 29.2. The van der Waals surface area contributed by atoms with Crippen LogP contribution in [0.5, 0.6) is 0 Å². The topological polar surface area (TPSA) is 26.3 Å². The molecule has 1 atom stereocenters. The van der Waals surface area contributed by atoms with E-state index >= 15 is 0 Å². The molecule has 0 heterocycles. The maximum Gasteiger partial charge on any atom is 0.173 e. The smallest absolute Gasteiger partial charge is 0.173 e. The fourth-order valence-corrected chi connectivity index (χ4v) is 1.84. The van der Waals surface area contributed by atoms with E-state index in [4.69, 9.17) is 4.74 Å². The Labute approximate surface area is 72.6 Å². The molecule has 1 saturated carbocycles. The van der Waals surface area contributed by atoms with E-state index in [1.54, 1.807) is 0 Å². The number of carbonyl (C=O) groups is 1. The van der Waals surface area contributed by atoms with Gasteiger partial charge in [0.1, 0.15) is 0 Å². The summed E-state index contributed by atoms with van der Waals surface area (Å²) in [5.74, 6) is 1.35. The van der Waals surface area contributed by atoms with Crippen molar-refractivity contribution in [3.8, 4) is 0 Å². The van der Waals surface area contributed by atoms with Crippen molar-refractivity contribution < 1.29 is 9.53 Å². The molecule has 66 valence electrons. The van der Waals surface area contributed by atoms with Gasteiger partial charge in [-0.05, 0) is 31.8 Å². The molecule has 0 aromatic heterocycles. The van der Waals surface area contributed by atoms with E-state index in [2.05, 4.69) is 6.08 Å². The minimum atomic E-state index is -0.102. The molecular weight excluding hydrogens is 152 g/mol. The maximum atomic E-state index is 11.2. The zero-order valence-corrected chi connectivity index (χ0v) is 7.21. The van der Waals surface area contributed by atoms with E-state index in [1.807, 2.05) is 0 Å². The summed E-state index contributed by atoms with van der Waals surface area (Å²) in [5, 5.41) is 0. The average Bonchev–Trinajstić information content (AvgIpc) is 2.65. The Morgan fingerprint density at radius 3 is 2.83 bits per heavy atom. The predicted molar refractivity (Wildman–Crippen MR) is 45.7 cm³/mol. The highest BCUT2D eigenvalue weighted by Gasteiger charge is 2.26. The summed E-state index contributed by atoms with van der Waals surface area (Å²) in [6.45, 7) is 0. The Kier molecular flexibility index (Phi) is 2.15. The number of ether oxygens (including phenoxy) is 1. The summed E-state index contributed by atoms with van der Waals surface area (Å²) in [5.41, 5.74) is 0. The van der Waals surface area contributed by atoms with Crippen LogP contribution in [0, 0.1) is 0 Å². The molecule has 0 spiro atoms. The molecule has 0 radical (unpaired) electrons. The van der Waals surface area contributed by atoms with E-state index in [0.29, 0.717) is 5.78 Å². The minimum absolute atomic E-state index is 0.102. The van der Waals surface area contributed by atoms with Crippen LogP contribution in [-0.4, -0.2) is 11.9 Å². The van der Waals surface area contributed by atoms with Crippen LogP contribution in [0.4, 0.5) is 0 Å². The third-order valence-electron chi connectivity index (χ3n) is 2.54. The lowest BCUT2D eigenvalue weighted by Crippen LogP contribution is -2.16. The highest BCUT2D eigenvalue weighted by molar-refractivity contribution is 5.85. The number of carbonyl (C=O) groups excluding carboxylic acids is 1. The summed E-state index contributed by atoms with van der Waals surface area (Å²) < 4.78 is 5.60. The summed E-state index contributed by atoms with van der Waals surface area (Å²) in [6, 6.07) is 0. The van der Waals surface area contributed by atoms with Crippen molar-refractivity contribution in [2.45, 2.75) is 44.6 Å². The second-order valence-electron chi connectivity index (χ2n) is 3.53. The van der Waals surface area contributed by atoms with Gasteiger partial charge in [0.25, 0.3) is 0 Å². The molecule has 12 heavy (non-hydrogen) atoms. The monoisotopic (exact) mass is 166 g/mol. The van der Waals surface area contributed by atoms with E-state index in [1.165, 1.54) is 6.42 Å². The molecular formula is C10H14O2. The van der Waals surface area contributed by atoms with Gasteiger partial charge in [0.2, 0.25) is 0 Å². The molecule has 0 amide bonds. The fourth-order valence-electron chi connectivity index (χ4n) is 1.84. The van der Waals surface area contributed by atoms with Crippen molar-refractivity contribution in [1.29, 1.82) is 0 Å². The second kappa shape index (κ2) is 3.30. The van der Waals surface area contributed by atoms with Crippen LogP contribution in [0.15, 0.2) is 11.8 Å². The van der Waals surface area contributed by atoms with Crippen LogP contribution < -0.4 is 0 Å². The zero-order valence-electron chi connectivity index (χ0n) is 7.21.